The van der Waals surface area contributed by atoms with Crippen LogP contribution in [0, 0.1) is 11.8 Å². The van der Waals surface area contributed by atoms with Gasteiger partial charge in [0, 0.05) is 17.6 Å². The van der Waals surface area contributed by atoms with Crippen LogP contribution < -0.4 is 10.6 Å². The van der Waals surface area contributed by atoms with Gasteiger partial charge < -0.3 is 39.9 Å². The second-order valence-electron chi connectivity index (χ2n) is 16.9. The minimum absolute atomic E-state index is 0.00553. The van der Waals surface area contributed by atoms with Crippen molar-refractivity contribution in [3.8, 4) is 33.6 Å². The number of imidazole rings is 2. The zero-order valence-electron chi connectivity index (χ0n) is 35.9. The second kappa shape index (κ2) is 18.0. The number of aromatic nitrogens is 4. The number of ether oxygens (including phenoxy) is 2. The van der Waals surface area contributed by atoms with Crippen LogP contribution in [0.25, 0.3) is 44.4 Å². The summed E-state index contributed by atoms with van der Waals surface area (Å²) in [7, 11) is 2.57. The summed E-state index contributed by atoms with van der Waals surface area (Å²) in [6, 6.07) is 18.7. The van der Waals surface area contributed by atoms with Gasteiger partial charge in [0.2, 0.25) is 11.8 Å². The van der Waals surface area contributed by atoms with E-state index < -0.39 is 24.3 Å². The minimum Gasteiger partial charge on any atom is -0.453 e. The summed E-state index contributed by atoms with van der Waals surface area (Å²) in [6.07, 6.45) is 3.63. The van der Waals surface area contributed by atoms with Crippen LogP contribution in [0.4, 0.5) is 9.59 Å². The number of aromatic amines is 2. The molecule has 3 aromatic carbocycles. The normalized spacial score (nSPS) is 20.0. The molecule has 2 aliphatic rings. The first kappa shape index (κ1) is 43.2. The van der Waals surface area contributed by atoms with E-state index >= 15 is 0 Å². The van der Waals surface area contributed by atoms with Crippen LogP contribution >= 0.6 is 11.6 Å². The monoisotopic (exact) mass is 850 g/mol. The Balaban J connectivity index is 1.06. The lowest BCUT2D eigenvalue weighted by molar-refractivity contribution is -0.138. The molecule has 5 aromatic rings. The third-order valence-electron chi connectivity index (χ3n) is 12.2. The zero-order valence-corrected chi connectivity index (χ0v) is 36.7. The first-order valence-electron chi connectivity index (χ1n) is 21.0. The maximum Gasteiger partial charge on any atom is 0.407 e. The van der Waals surface area contributed by atoms with Crippen molar-refractivity contribution in [2.24, 2.45) is 11.8 Å². The van der Waals surface area contributed by atoms with Crippen molar-refractivity contribution in [1.29, 1.82) is 0 Å². The molecule has 14 nitrogen and oxygen atoms in total. The van der Waals surface area contributed by atoms with Gasteiger partial charge in [0.1, 0.15) is 34.6 Å². The molecular formula is C46H55ClN8O6. The van der Waals surface area contributed by atoms with Crippen LogP contribution in [0.15, 0.2) is 66.9 Å². The van der Waals surface area contributed by atoms with E-state index in [1.54, 1.807) is 0 Å². The molecule has 2 saturated heterocycles. The number of H-pyrrole nitrogens is 2. The molecule has 4 heterocycles. The Labute approximate surface area is 361 Å². The molecule has 0 saturated carbocycles. The van der Waals surface area contributed by atoms with Gasteiger partial charge in [-0.1, -0.05) is 87.8 Å². The number of likely N-dealkylation sites (tertiary alicyclic amines) is 2. The van der Waals surface area contributed by atoms with Gasteiger partial charge in [0.05, 0.1) is 38.2 Å². The fourth-order valence-corrected chi connectivity index (χ4v) is 9.00. The highest BCUT2D eigenvalue weighted by atomic mass is 35.5. The summed E-state index contributed by atoms with van der Waals surface area (Å²) in [4.78, 5) is 71.8. The molecular weight excluding hydrogens is 796 g/mol. The van der Waals surface area contributed by atoms with E-state index in [4.69, 9.17) is 31.0 Å². The Morgan fingerprint density at radius 1 is 0.672 bits per heavy atom. The van der Waals surface area contributed by atoms with Crippen molar-refractivity contribution < 1.29 is 28.7 Å². The summed E-state index contributed by atoms with van der Waals surface area (Å²) in [6.45, 7) is 11.6. The fourth-order valence-electron chi connectivity index (χ4n) is 8.75. The Morgan fingerprint density at radius 3 is 1.67 bits per heavy atom. The van der Waals surface area contributed by atoms with E-state index in [0.717, 1.165) is 58.0 Å². The summed E-state index contributed by atoms with van der Waals surface area (Å²) in [5.41, 5.74) is 5.40. The van der Waals surface area contributed by atoms with Crippen molar-refractivity contribution in [3.63, 3.8) is 0 Å². The Kier molecular flexibility index (Phi) is 12.7. The molecule has 0 bridgehead atoms. The van der Waals surface area contributed by atoms with Gasteiger partial charge in [-0.3, -0.25) is 9.59 Å². The molecule has 0 radical (unpaired) electrons. The number of hydrogen-bond acceptors (Lipinski definition) is 8. The van der Waals surface area contributed by atoms with Gasteiger partial charge in [-0.25, -0.2) is 19.6 Å². The number of methoxy groups -OCH3 is 2. The standard InChI is InChI=1S/C46H55ClN8O6/c1-24(2)37(51-45(58)60-7)43(56)54-26(5)9-19-35(54)41-48-23-34(49-41)29-13-11-28(12-14-29)30-15-16-32-22-33(18-17-31(32)21-30)39-40(47)53-42(50-39)36-20-10-27(6)55(36)44(57)38(25(3)4)52-46(59)61-8/h11-18,21-27,35-38H,9-10,19-20H2,1-8H3,(H,48,49)(H,50,53)(H,51,58)(H,52,59)/t26-,27-,35-,36-,37-,38+/m0/s1. The molecule has 7 rings (SSSR count). The highest BCUT2D eigenvalue weighted by Gasteiger charge is 2.43. The number of fused-ring (bicyclic) bond motifs is 1. The molecule has 61 heavy (non-hydrogen) atoms. The third kappa shape index (κ3) is 8.81. The second-order valence-corrected chi connectivity index (χ2v) is 17.3. The molecule has 0 aliphatic carbocycles. The van der Waals surface area contributed by atoms with Crippen molar-refractivity contribution in [3.05, 3.63) is 83.7 Å². The molecule has 4 amide bonds. The van der Waals surface area contributed by atoms with Gasteiger partial charge >= 0.3 is 12.2 Å². The lowest BCUT2D eigenvalue weighted by atomic mass is 9.98. The molecule has 2 fully saturated rings. The van der Waals surface area contributed by atoms with Crippen LogP contribution in [0.3, 0.4) is 0 Å². The third-order valence-corrected chi connectivity index (χ3v) is 12.5. The van der Waals surface area contributed by atoms with Crippen LogP contribution in [-0.2, 0) is 19.1 Å². The number of nitrogens with one attached hydrogen (secondary N) is 4. The molecule has 6 atom stereocenters. The number of nitrogens with zero attached hydrogens (tertiary/aromatic N) is 4. The lowest BCUT2D eigenvalue weighted by Crippen LogP contribution is -2.52. The Bertz CT molecular complexity index is 2410. The number of carbonyl (C=O) groups is 4. The molecule has 2 aliphatic heterocycles. The molecule has 0 unspecified atom stereocenters. The molecule has 2 aromatic heterocycles. The predicted molar refractivity (Wildman–Crippen MR) is 234 cm³/mol. The number of amides is 4. The van der Waals surface area contributed by atoms with Crippen LogP contribution in [0.5, 0.6) is 0 Å². The predicted octanol–water partition coefficient (Wildman–Crippen LogP) is 8.81. The zero-order chi connectivity index (χ0) is 43.7. The average molecular weight is 851 g/mol. The maximum atomic E-state index is 13.9. The van der Waals surface area contributed by atoms with Gasteiger partial charge in [-0.15, -0.1) is 0 Å². The largest absolute Gasteiger partial charge is 0.453 e. The number of rotatable bonds is 11. The van der Waals surface area contributed by atoms with Crippen LogP contribution in [0.1, 0.15) is 91.0 Å². The van der Waals surface area contributed by atoms with Gasteiger partial charge in [0.15, 0.2) is 0 Å². The quantitative estimate of drug-likeness (QED) is 0.102. The summed E-state index contributed by atoms with van der Waals surface area (Å²) >= 11 is 6.80. The average Bonchev–Trinajstić information content (AvgIpc) is 4.06. The minimum atomic E-state index is -0.742. The van der Waals surface area contributed by atoms with E-state index in [1.165, 1.54) is 14.2 Å². The fraction of sp³-hybridized carbons (Fsp3) is 0.435. The van der Waals surface area contributed by atoms with Gasteiger partial charge in [0.25, 0.3) is 0 Å². The smallest absolute Gasteiger partial charge is 0.407 e. The number of hydrogen-bond donors (Lipinski definition) is 4. The lowest BCUT2D eigenvalue weighted by Gasteiger charge is -2.32. The maximum absolute atomic E-state index is 13.9. The molecule has 4 N–H and O–H groups in total. The van der Waals surface area contributed by atoms with E-state index in [2.05, 4.69) is 75.2 Å². The summed E-state index contributed by atoms with van der Waals surface area (Å²) in [5.74, 6) is 0.730. The van der Waals surface area contributed by atoms with Crippen molar-refractivity contribution in [1.82, 2.24) is 40.4 Å². The van der Waals surface area contributed by atoms with E-state index in [1.807, 2.05) is 63.6 Å². The topological polar surface area (TPSA) is 175 Å². The summed E-state index contributed by atoms with van der Waals surface area (Å²) < 4.78 is 9.58. The Morgan fingerprint density at radius 2 is 1.15 bits per heavy atom. The van der Waals surface area contributed by atoms with Crippen molar-refractivity contribution in [2.45, 2.75) is 103 Å². The van der Waals surface area contributed by atoms with Crippen LogP contribution in [-0.4, -0.2) is 92.1 Å². The van der Waals surface area contributed by atoms with Crippen LogP contribution in [0.2, 0.25) is 5.15 Å². The molecule has 322 valence electrons. The highest BCUT2D eigenvalue weighted by molar-refractivity contribution is 6.32. The van der Waals surface area contributed by atoms with Crippen molar-refractivity contribution in [2.75, 3.05) is 14.2 Å². The van der Waals surface area contributed by atoms with Crippen molar-refractivity contribution >= 4 is 46.4 Å². The first-order valence-corrected chi connectivity index (χ1v) is 21.3. The highest BCUT2D eigenvalue weighted by Crippen LogP contribution is 2.40. The SMILES string of the molecule is COC(=O)N[C@H](C(=O)N1[C@@H](C)CC[C@H]1c1ncc(-c2ccc(-c3ccc4cc(-c5nc([C@@H]6CC[C@H](C)N6C(=O)[C@H](NC(=O)OC)C(C)C)[nH]c5Cl)ccc4c3)cc2)[nH]1)C(C)C. The van der Waals surface area contributed by atoms with E-state index in [0.29, 0.717) is 28.9 Å². The number of halogens is 1. The first-order chi connectivity index (χ1) is 29.2. The van der Waals surface area contributed by atoms with Gasteiger partial charge in [-0.2, -0.15) is 0 Å². The number of alkyl carbamates (subject to hydrolysis) is 2. The van der Waals surface area contributed by atoms with Gasteiger partial charge in [-0.05, 0) is 91.0 Å². The Hall–Kier alpha value is -5.89. The number of benzene rings is 3. The van der Waals surface area contributed by atoms with E-state index in [-0.39, 0.29) is 47.8 Å². The molecule has 0 spiro atoms. The summed E-state index contributed by atoms with van der Waals surface area (Å²) in [5, 5.41) is 7.90. The number of carbonyl (C=O) groups excluding carboxylic acids is 4. The van der Waals surface area contributed by atoms with E-state index in [9.17, 15) is 19.2 Å². The molecule has 15 heteroatoms.